The summed E-state index contributed by atoms with van der Waals surface area (Å²) in [7, 11) is 0.259. The monoisotopic (exact) mass is 378 g/mol. The van der Waals surface area contributed by atoms with E-state index in [9.17, 15) is 0 Å². The Bertz CT molecular complexity index is 1080. The zero-order valence-corrected chi connectivity index (χ0v) is 18.0. The van der Waals surface area contributed by atoms with Crippen LogP contribution in [0.3, 0.4) is 0 Å². The van der Waals surface area contributed by atoms with Gasteiger partial charge in [-0.3, -0.25) is 0 Å². The van der Waals surface area contributed by atoms with Gasteiger partial charge in [-0.2, -0.15) is 0 Å². The second kappa shape index (κ2) is 6.46. The van der Waals surface area contributed by atoms with E-state index in [1.807, 2.05) is 24.6 Å². The Balaban J connectivity index is 2.03. The van der Waals surface area contributed by atoms with E-state index in [0.717, 1.165) is 28.1 Å². The molecule has 3 aromatic heterocycles. The van der Waals surface area contributed by atoms with Crippen LogP contribution in [0.1, 0.15) is 32.2 Å². The highest BCUT2D eigenvalue weighted by Crippen LogP contribution is 2.35. The Morgan fingerprint density at radius 1 is 1.15 bits per heavy atom. The first-order valence-corrected chi connectivity index (χ1v) is 11.9. The minimum Gasteiger partial charge on any atom is -0.383 e. The SMILES string of the molecule is Cc1nc(C#C[Si](C)(C)C(C)(C)C)cnc1-c1cc2c(N)ncnc2n1C. The van der Waals surface area contributed by atoms with Crippen LogP contribution in [0.25, 0.3) is 22.4 Å². The third-order valence-corrected chi connectivity index (χ3v) is 9.92. The van der Waals surface area contributed by atoms with Crippen molar-refractivity contribution in [2.45, 2.75) is 45.8 Å². The number of rotatable bonds is 1. The highest BCUT2D eigenvalue weighted by Gasteiger charge is 2.33. The fourth-order valence-corrected chi connectivity index (χ4v) is 3.40. The molecule has 0 bridgehead atoms. The molecule has 0 radical (unpaired) electrons. The number of hydrogen-bond donors (Lipinski definition) is 1. The van der Waals surface area contributed by atoms with Gasteiger partial charge in [0.2, 0.25) is 0 Å². The minimum absolute atomic E-state index is 0.215. The quantitative estimate of drug-likeness (QED) is 0.515. The molecule has 140 valence electrons. The van der Waals surface area contributed by atoms with Crippen LogP contribution in [-0.2, 0) is 7.05 Å². The maximum Gasteiger partial charge on any atom is 0.145 e. The predicted molar refractivity (Wildman–Crippen MR) is 113 cm³/mol. The van der Waals surface area contributed by atoms with E-state index in [0.29, 0.717) is 11.5 Å². The summed E-state index contributed by atoms with van der Waals surface area (Å²) in [6.07, 6.45) is 3.22. The molecule has 0 amide bonds. The summed E-state index contributed by atoms with van der Waals surface area (Å²) in [5.74, 6) is 3.71. The number of hydrogen-bond acceptors (Lipinski definition) is 5. The van der Waals surface area contributed by atoms with Crippen molar-refractivity contribution in [2.75, 3.05) is 5.73 Å². The van der Waals surface area contributed by atoms with Gasteiger partial charge >= 0.3 is 0 Å². The Hall–Kier alpha value is -2.72. The summed E-state index contributed by atoms with van der Waals surface area (Å²) < 4.78 is 1.96. The fourth-order valence-electron chi connectivity index (χ4n) is 2.58. The van der Waals surface area contributed by atoms with Crippen LogP contribution in [-0.4, -0.2) is 32.6 Å². The molecule has 27 heavy (non-hydrogen) atoms. The minimum atomic E-state index is -1.68. The average Bonchev–Trinajstić information content (AvgIpc) is 2.91. The van der Waals surface area contributed by atoms with Gasteiger partial charge in [0.15, 0.2) is 0 Å². The second-order valence-corrected chi connectivity index (χ2v) is 13.4. The molecule has 0 spiro atoms. The first-order chi connectivity index (χ1) is 12.5. The van der Waals surface area contributed by atoms with Gasteiger partial charge in [-0.25, -0.2) is 19.9 Å². The van der Waals surface area contributed by atoms with E-state index in [-0.39, 0.29) is 5.04 Å². The van der Waals surface area contributed by atoms with E-state index in [1.54, 1.807) is 6.20 Å². The zero-order chi connectivity index (χ0) is 20.0. The first-order valence-electron chi connectivity index (χ1n) is 8.94. The van der Waals surface area contributed by atoms with Crippen molar-refractivity contribution in [2.24, 2.45) is 7.05 Å². The van der Waals surface area contributed by atoms with E-state index < -0.39 is 8.07 Å². The molecular formula is C20H26N6Si. The number of nitrogen functional groups attached to an aromatic ring is 1. The molecule has 6 nitrogen and oxygen atoms in total. The molecule has 0 aliphatic rings. The number of nitrogens with two attached hydrogens (primary N) is 1. The van der Waals surface area contributed by atoms with Gasteiger partial charge in [-0.1, -0.05) is 39.8 Å². The Labute approximate surface area is 161 Å². The molecule has 3 heterocycles. The molecule has 0 fully saturated rings. The molecule has 7 heteroatoms. The second-order valence-electron chi connectivity index (χ2n) is 8.40. The van der Waals surface area contributed by atoms with Crippen molar-refractivity contribution in [3.63, 3.8) is 0 Å². The van der Waals surface area contributed by atoms with Crippen molar-refractivity contribution >= 4 is 24.9 Å². The summed E-state index contributed by atoms with van der Waals surface area (Å²) in [5, 5.41) is 1.03. The van der Waals surface area contributed by atoms with Crippen molar-refractivity contribution < 1.29 is 0 Å². The molecule has 0 aromatic carbocycles. The van der Waals surface area contributed by atoms with Crippen LogP contribution in [0.4, 0.5) is 5.82 Å². The topological polar surface area (TPSA) is 82.5 Å². The van der Waals surface area contributed by atoms with Gasteiger partial charge in [0.25, 0.3) is 0 Å². The summed E-state index contributed by atoms with van der Waals surface area (Å²) >= 11 is 0. The third-order valence-electron chi connectivity index (χ3n) is 5.42. The van der Waals surface area contributed by atoms with Crippen LogP contribution in [0.2, 0.25) is 18.1 Å². The number of fused-ring (bicyclic) bond motifs is 1. The van der Waals surface area contributed by atoms with Crippen LogP contribution in [0.15, 0.2) is 18.6 Å². The van der Waals surface area contributed by atoms with Crippen LogP contribution < -0.4 is 5.73 Å². The van der Waals surface area contributed by atoms with E-state index >= 15 is 0 Å². The molecule has 3 rings (SSSR count). The molecule has 3 aromatic rings. The van der Waals surface area contributed by atoms with Gasteiger partial charge in [0.1, 0.15) is 37.3 Å². The van der Waals surface area contributed by atoms with Crippen molar-refractivity contribution in [1.29, 1.82) is 0 Å². The van der Waals surface area contributed by atoms with Crippen molar-refractivity contribution in [3.05, 3.63) is 30.0 Å². The van der Waals surface area contributed by atoms with Gasteiger partial charge in [-0.05, 0) is 18.0 Å². The smallest absolute Gasteiger partial charge is 0.145 e. The lowest BCUT2D eigenvalue weighted by molar-refractivity contribution is 0.731. The zero-order valence-electron chi connectivity index (χ0n) is 17.0. The summed E-state index contributed by atoms with van der Waals surface area (Å²) in [6.45, 7) is 13.3. The average molecular weight is 379 g/mol. The Kier molecular flexibility index (Phi) is 4.56. The van der Waals surface area contributed by atoms with Crippen LogP contribution in [0, 0.1) is 18.4 Å². The lowest BCUT2D eigenvalue weighted by atomic mass is 10.2. The molecule has 0 unspecified atom stereocenters. The third kappa shape index (κ3) is 3.45. The normalized spacial score (nSPS) is 12.1. The van der Waals surface area contributed by atoms with E-state index in [2.05, 4.69) is 65.3 Å². The predicted octanol–water partition coefficient (Wildman–Crippen LogP) is 3.72. The van der Waals surface area contributed by atoms with E-state index in [1.165, 1.54) is 6.33 Å². The largest absolute Gasteiger partial charge is 0.383 e. The summed E-state index contributed by atoms with van der Waals surface area (Å²) in [5.41, 5.74) is 13.5. The van der Waals surface area contributed by atoms with E-state index in [4.69, 9.17) is 5.73 Å². The molecule has 0 aliphatic heterocycles. The number of nitrogens with zero attached hydrogens (tertiary/aromatic N) is 5. The fraction of sp³-hybridized carbons (Fsp3) is 0.400. The maximum atomic E-state index is 5.98. The van der Waals surface area contributed by atoms with Crippen LogP contribution >= 0.6 is 0 Å². The lowest BCUT2D eigenvalue weighted by Gasteiger charge is -2.31. The molecule has 0 aliphatic carbocycles. The van der Waals surface area contributed by atoms with Gasteiger partial charge in [-0.15, -0.1) is 5.54 Å². The Morgan fingerprint density at radius 2 is 1.85 bits per heavy atom. The number of aryl methyl sites for hydroxylation is 2. The number of aromatic nitrogens is 5. The van der Waals surface area contributed by atoms with Gasteiger partial charge in [0.05, 0.1) is 23.0 Å². The van der Waals surface area contributed by atoms with Gasteiger partial charge in [0, 0.05) is 7.05 Å². The van der Waals surface area contributed by atoms with Crippen molar-refractivity contribution in [1.82, 2.24) is 24.5 Å². The summed E-state index contributed by atoms with van der Waals surface area (Å²) in [6, 6.07) is 1.96. The van der Waals surface area contributed by atoms with Crippen molar-refractivity contribution in [3.8, 4) is 22.9 Å². The number of anilines is 1. The molecule has 0 atom stereocenters. The standard InChI is InChI=1S/C20H26N6Si/c1-13-17(16-10-15-18(21)23-12-24-19(15)26(16)5)22-11-14(25-13)8-9-27(6,7)20(2,3)4/h10-12H,1-7H3,(H2,21,23,24). The molecule has 0 saturated heterocycles. The highest BCUT2D eigenvalue weighted by atomic mass is 28.3. The van der Waals surface area contributed by atoms with Crippen LogP contribution in [0.5, 0.6) is 0 Å². The summed E-state index contributed by atoms with van der Waals surface area (Å²) in [4.78, 5) is 17.7. The Morgan fingerprint density at radius 3 is 2.44 bits per heavy atom. The first kappa shape index (κ1) is 19.0. The maximum absolute atomic E-state index is 5.98. The molecular weight excluding hydrogens is 352 g/mol. The molecule has 0 saturated carbocycles. The van der Waals surface area contributed by atoms with Gasteiger partial charge < -0.3 is 10.3 Å². The lowest BCUT2D eigenvalue weighted by Crippen LogP contribution is -2.35. The highest BCUT2D eigenvalue weighted by molar-refractivity contribution is 6.87. The molecule has 2 N–H and O–H groups in total.